The van der Waals surface area contributed by atoms with Gasteiger partial charge in [0, 0.05) is 18.0 Å². The third-order valence-corrected chi connectivity index (χ3v) is 6.80. The summed E-state index contributed by atoms with van der Waals surface area (Å²) in [6, 6.07) is 9.34. The number of allylic oxidation sites excluding steroid dienone is 1. The van der Waals surface area contributed by atoms with Gasteiger partial charge in [-0.25, -0.2) is 9.78 Å². The van der Waals surface area contributed by atoms with Gasteiger partial charge >= 0.3 is 5.69 Å². The fourth-order valence-electron chi connectivity index (χ4n) is 4.18. The molecule has 1 aliphatic carbocycles. The fraction of sp³-hybridized carbons (Fsp3) is 0.308. The largest absolute Gasteiger partial charge is 0.383 e. The van der Waals surface area contributed by atoms with E-state index in [2.05, 4.69) is 16.0 Å². The molecule has 1 aromatic carbocycles. The highest BCUT2D eigenvalue weighted by molar-refractivity contribution is 7.09. The molecule has 0 fully saturated rings. The minimum Gasteiger partial charge on any atom is -0.383 e. The second-order valence-electron chi connectivity index (χ2n) is 8.54. The van der Waals surface area contributed by atoms with Crippen molar-refractivity contribution in [2.45, 2.75) is 45.6 Å². The summed E-state index contributed by atoms with van der Waals surface area (Å²) in [5.41, 5.74) is 7.87. The van der Waals surface area contributed by atoms with E-state index in [1.807, 2.05) is 42.6 Å². The quantitative estimate of drug-likeness (QED) is 0.367. The minimum absolute atomic E-state index is 0.0129. The van der Waals surface area contributed by atoms with Gasteiger partial charge in [-0.05, 0) is 50.7 Å². The van der Waals surface area contributed by atoms with Gasteiger partial charge in [-0.3, -0.25) is 19.1 Å². The van der Waals surface area contributed by atoms with Gasteiger partial charge in [0.2, 0.25) is 0 Å². The van der Waals surface area contributed by atoms with Crippen LogP contribution in [0.15, 0.2) is 63.0 Å². The molecule has 1 aliphatic rings. The Kier molecular flexibility index (Phi) is 7.77. The molecule has 35 heavy (non-hydrogen) atoms. The summed E-state index contributed by atoms with van der Waals surface area (Å²) in [6.45, 7) is 2.35. The first-order valence-corrected chi connectivity index (χ1v) is 12.6. The molecule has 0 spiro atoms. The molecule has 0 radical (unpaired) electrons. The van der Waals surface area contributed by atoms with Crippen LogP contribution < -0.4 is 21.9 Å². The Morgan fingerprint density at radius 3 is 2.74 bits per heavy atom. The van der Waals surface area contributed by atoms with Crippen molar-refractivity contribution < 1.29 is 4.79 Å². The van der Waals surface area contributed by atoms with Gasteiger partial charge in [0.15, 0.2) is 5.69 Å². The maximum absolute atomic E-state index is 13.4. The molecule has 0 saturated carbocycles. The van der Waals surface area contributed by atoms with Crippen LogP contribution in [0.4, 0.5) is 11.5 Å². The number of nitrogen functional groups attached to an aromatic ring is 1. The number of nitrogens with one attached hydrogen (secondary N) is 1. The Morgan fingerprint density at radius 1 is 1.26 bits per heavy atom. The highest BCUT2D eigenvalue weighted by atomic mass is 32.1. The zero-order valence-electron chi connectivity index (χ0n) is 19.7. The maximum atomic E-state index is 13.4. The van der Waals surface area contributed by atoms with E-state index < -0.39 is 17.2 Å². The van der Waals surface area contributed by atoms with Crippen molar-refractivity contribution in [2.75, 3.05) is 17.2 Å². The average molecular weight is 492 g/mol. The summed E-state index contributed by atoms with van der Waals surface area (Å²) in [4.78, 5) is 47.0. The second kappa shape index (κ2) is 11.1. The summed E-state index contributed by atoms with van der Waals surface area (Å²) in [7, 11) is 0. The number of hydrogen-bond donors (Lipinski definition) is 2. The van der Waals surface area contributed by atoms with Crippen LogP contribution in [0.2, 0.25) is 0 Å². The summed E-state index contributed by atoms with van der Waals surface area (Å²) in [5.74, 6) is -0.430. The van der Waals surface area contributed by atoms with E-state index in [1.165, 1.54) is 38.9 Å². The van der Waals surface area contributed by atoms with Crippen molar-refractivity contribution in [2.24, 2.45) is 0 Å². The third-order valence-electron chi connectivity index (χ3n) is 6.01. The molecule has 9 heteroatoms. The highest BCUT2D eigenvalue weighted by Crippen LogP contribution is 2.24. The number of carbonyl (C=O) groups is 1. The smallest absolute Gasteiger partial charge is 0.330 e. The number of aromatic nitrogens is 3. The number of thiazole rings is 1. The number of nitrogens with two attached hydrogens (primary N) is 1. The molecule has 0 unspecified atom stereocenters. The Balaban J connectivity index is 1.70. The Morgan fingerprint density at radius 2 is 2.06 bits per heavy atom. The lowest BCUT2D eigenvalue weighted by molar-refractivity contribution is -0.114. The minimum atomic E-state index is -0.680. The summed E-state index contributed by atoms with van der Waals surface area (Å²) < 4.78 is 1.29. The molecule has 0 atom stereocenters. The number of aromatic amines is 1. The lowest BCUT2D eigenvalue weighted by Gasteiger charge is -2.24. The van der Waals surface area contributed by atoms with Crippen molar-refractivity contribution in [1.29, 1.82) is 0 Å². The number of benzene rings is 1. The molecule has 3 aromatic rings. The molecular weight excluding hydrogens is 462 g/mol. The van der Waals surface area contributed by atoms with E-state index in [9.17, 15) is 14.4 Å². The monoisotopic (exact) mass is 491 g/mol. The SMILES string of the molecule is Cc1nc(/C=C/C(=O)N(CCC2=CCCCC2)c2c(N)n(Cc3ccccc3)c(=O)[nH]c2=O)cs1. The number of H-pyrrole nitrogens is 1. The lowest BCUT2D eigenvalue weighted by Crippen LogP contribution is -2.41. The number of carbonyl (C=O) groups excluding carboxylic acids is 1. The molecule has 2 heterocycles. The molecular formula is C26H29N5O3S. The zero-order valence-corrected chi connectivity index (χ0v) is 20.5. The van der Waals surface area contributed by atoms with Gasteiger partial charge in [0.25, 0.3) is 11.5 Å². The van der Waals surface area contributed by atoms with Crippen molar-refractivity contribution in [3.8, 4) is 0 Å². The first-order chi connectivity index (χ1) is 16.9. The predicted octanol–water partition coefficient (Wildman–Crippen LogP) is 3.87. The van der Waals surface area contributed by atoms with Crippen LogP contribution >= 0.6 is 11.3 Å². The summed E-state index contributed by atoms with van der Waals surface area (Å²) in [5, 5.41) is 2.75. The number of amides is 1. The topological polar surface area (TPSA) is 114 Å². The second-order valence-corrected chi connectivity index (χ2v) is 9.60. The lowest BCUT2D eigenvalue weighted by atomic mass is 9.97. The van der Waals surface area contributed by atoms with Crippen molar-refractivity contribution in [3.05, 3.63) is 90.5 Å². The van der Waals surface area contributed by atoms with Gasteiger partial charge in [-0.2, -0.15) is 0 Å². The van der Waals surface area contributed by atoms with Crippen LogP contribution in [-0.2, 0) is 11.3 Å². The van der Waals surface area contributed by atoms with Crippen LogP contribution in [0.3, 0.4) is 0 Å². The normalized spacial score (nSPS) is 13.7. The van der Waals surface area contributed by atoms with Gasteiger partial charge in [0.05, 0.1) is 17.2 Å². The van der Waals surface area contributed by atoms with E-state index in [0.29, 0.717) is 12.1 Å². The van der Waals surface area contributed by atoms with Gasteiger partial charge in [-0.15, -0.1) is 11.3 Å². The molecule has 2 aromatic heterocycles. The zero-order chi connectivity index (χ0) is 24.8. The first kappa shape index (κ1) is 24.4. The standard InChI is InChI=1S/C26H29N5O3S/c1-18-28-21(17-35-18)12-13-22(32)30(15-14-19-8-4-2-5-9-19)23-24(27)31(26(34)29-25(23)33)16-20-10-6-3-7-11-20/h3,6-8,10-13,17H,2,4-5,9,14-16,27H2,1H3,(H,29,33,34)/b13-12+. The third kappa shape index (κ3) is 6.05. The van der Waals surface area contributed by atoms with Gasteiger partial charge < -0.3 is 10.6 Å². The van der Waals surface area contributed by atoms with Crippen LogP contribution in [0.5, 0.6) is 0 Å². The molecule has 0 saturated heterocycles. The summed E-state index contributed by atoms with van der Waals surface area (Å²) >= 11 is 1.49. The highest BCUT2D eigenvalue weighted by Gasteiger charge is 2.23. The van der Waals surface area contributed by atoms with Crippen molar-refractivity contribution in [3.63, 3.8) is 0 Å². The van der Waals surface area contributed by atoms with Crippen LogP contribution in [0.1, 0.15) is 48.4 Å². The van der Waals surface area contributed by atoms with Crippen molar-refractivity contribution in [1.82, 2.24) is 14.5 Å². The van der Waals surface area contributed by atoms with Crippen LogP contribution in [0, 0.1) is 6.92 Å². The molecule has 0 aliphatic heterocycles. The molecule has 3 N–H and O–H groups in total. The van der Waals surface area contributed by atoms with E-state index in [1.54, 1.807) is 6.08 Å². The number of aryl methyl sites for hydroxylation is 1. The van der Waals surface area contributed by atoms with E-state index in [0.717, 1.165) is 29.8 Å². The first-order valence-electron chi connectivity index (χ1n) is 11.7. The summed E-state index contributed by atoms with van der Waals surface area (Å²) in [6.07, 6.45) is 10.2. The molecule has 8 nitrogen and oxygen atoms in total. The number of rotatable bonds is 8. The molecule has 0 bridgehead atoms. The molecule has 182 valence electrons. The van der Waals surface area contributed by atoms with Gasteiger partial charge in [0.1, 0.15) is 5.82 Å². The Hall–Kier alpha value is -3.72. The van der Waals surface area contributed by atoms with E-state index >= 15 is 0 Å². The van der Waals surface area contributed by atoms with Crippen molar-refractivity contribution >= 4 is 34.8 Å². The number of anilines is 2. The van der Waals surface area contributed by atoms with Crippen LogP contribution in [0.25, 0.3) is 6.08 Å². The van der Waals surface area contributed by atoms with E-state index in [-0.39, 0.29) is 24.6 Å². The maximum Gasteiger partial charge on any atom is 0.330 e. The average Bonchev–Trinajstić information content (AvgIpc) is 3.28. The van der Waals surface area contributed by atoms with Crippen LogP contribution in [-0.4, -0.2) is 27.0 Å². The fourth-order valence-corrected chi connectivity index (χ4v) is 4.76. The Labute approximate surface area is 207 Å². The van der Waals surface area contributed by atoms with Gasteiger partial charge in [-0.1, -0.05) is 42.0 Å². The number of hydrogen-bond acceptors (Lipinski definition) is 6. The molecule has 4 rings (SSSR count). The Bertz CT molecular complexity index is 1370. The molecule has 1 amide bonds. The predicted molar refractivity (Wildman–Crippen MR) is 141 cm³/mol. The number of nitrogens with zero attached hydrogens (tertiary/aromatic N) is 3. The van der Waals surface area contributed by atoms with E-state index in [4.69, 9.17) is 5.73 Å².